The highest BCUT2D eigenvalue weighted by atomic mass is 35.5. The van der Waals surface area contributed by atoms with Crippen LogP contribution in [0.15, 0.2) is 23.3 Å². The topological polar surface area (TPSA) is 25.2 Å². The average molecular weight is 229 g/mol. The van der Waals surface area contributed by atoms with Gasteiger partial charge in [-0.25, -0.2) is 4.98 Å². The zero-order valence-electron chi connectivity index (χ0n) is 8.49. The largest absolute Gasteiger partial charge is 0.286 e. The van der Waals surface area contributed by atoms with E-state index in [9.17, 15) is 0 Å². The second-order valence-corrected chi connectivity index (χ2v) is 4.12. The molecule has 2 nitrogen and oxygen atoms in total. The summed E-state index contributed by atoms with van der Waals surface area (Å²) < 4.78 is 0. The molecule has 0 aliphatic rings. The summed E-state index contributed by atoms with van der Waals surface area (Å²) in [6.45, 7) is 2.11. The van der Waals surface area contributed by atoms with Crippen molar-refractivity contribution < 1.29 is 0 Å². The first-order valence-corrected chi connectivity index (χ1v) is 5.91. The van der Waals surface area contributed by atoms with Crippen molar-refractivity contribution in [3.8, 4) is 0 Å². The van der Waals surface area contributed by atoms with Gasteiger partial charge in [-0.15, -0.1) is 11.8 Å². The summed E-state index contributed by atoms with van der Waals surface area (Å²) in [5.74, 6) is 0.291. The number of thioether (sulfide) groups is 1. The molecule has 0 saturated carbocycles. The maximum absolute atomic E-state index is 5.72. The molecule has 1 unspecified atom stereocenters. The minimum atomic E-state index is 0.291. The van der Waals surface area contributed by atoms with E-state index in [0.29, 0.717) is 11.1 Å². The van der Waals surface area contributed by atoms with Gasteiger partial charge in [-0.05, 0) is 17.9 Å². The summed E-state index contributed by atoms with van der Waals surface area (Å²) in [7, 11) is 1.81. The molecule has 1 atom stereocenters. The molecular weight excluding hydrogens is 216 g/mol. The number of pyridine rings is 1. The van der Waals surface area contributed by atoms with Gasteiger partial charge in [0.2, 0.25) is 0 Å². The third-order valence-electron chi connectivity index (χ3n) is 2.05. The van der Waals surface area contributed by atoms with E-state index in [0.717, 1.165) is 10.6 Å². The first-order chi connectivity index (χ1) is 6.69. The van der Waals surface area contributed by atoms with Gasteiger partial charge in [0.1, 0.15) is 5.15 Å². The minimum absolute atomic E-state index is 0.291. The average Bonchev–Trinajstić information content (AvgIpc) is 2.20. The smallest absolute Gasteiger partial charge is 0.129 e. The Morgan fingerprint density at radius 2 is 2.29 bits per heavy atom. The fraction of sp³-hybridized carbons (Fsp3) is 0.400. The summed E-state index contributed by atoms with van der Waals surface area (Å²) in [5.41, 5.74) is 1.14. The van der Waals surface area contributed by atoms with Gasteiger partial charge in [-0.3, -0.25) is 4.99 Å². The van der Waals surface area contributed by atoms with Crippen molar-refractivity contribution in [3.63, 3.8) is 0 Å². The minimum Gasteiger partial charge on any atom is -0.286 e. The van der Waals surface area contributed by atoms with Crippen molar-refractivity contribution in [3.05, 3.63) is 29.0 Å². The Hall–Kier alpha value is -0.540. The lowest BCUT2D eigenvalue weighted by Gasteiger charge is -2.11. The van der Waals surface area contributed by atoms with Crippen molar-refractivity contribution >= 4 is 28.4 Å². The van der Waals surface area contributed by atoms with Crippen LogP contribution in [-0.2, 0) is 0 Å². The molecule has 4 heteroatoms. The molecule has 0 saturated heterocycles. The lowest BCUT2D eigenvalue weighted by molar-refractivity contribution is 1.01. The first kappa shape index (κ1) is 11.5. The molecule has 0 spiro atoms. The van der Waals surface area contributed by atoms with Gasteiger partial charge >= 0.3 is 0 Å². The van der Waals surface area contributed by atoms with E-state index in [1.807, 2.05) is 19.4 Å². The molecule has 0 bridgehead atoms. The number of hydrogen-bond donors (Lipinski definition) is 0. The fourth-order valence-electron chi connectivity index (χ4n) is 1.25. The van der Waals surface area contributed by atoms with Gasteiger partial charge in [-0.1, -0.05) is 24.6 Å². The van der Waals surface area contributed by atoms with E-state index < -0.39 is 0 Å². The third-order valence-corrected chi connectivity index (χ3v) is 3.23. The SMILES string of the molecule is C/N=C(\SC)C(C)c1ccc(Cl)nc1. The molecule has 1 aromatic heterocycles. The molecule has 1 rings (SSSR count). The summed E-state index contributed by atoms with van der Waals surface area (Å²) in [6.07, 6.45) is 3.83. The quantitative estimate of drug-likeness (QED) is 0.441. The Kier molecular flexibility index (Phi) is 4.42. The number of hydrogen-bond acceptors (Lipinski definition) is 3. The number of aliphatic imine (C=N–C) groups is 1. The molecule has 76 valence electrons. The van der Waals surface area contributed by atoms with Crippen LogP contribution >= 0.6 is 23.4 Å². The normalized spacial score (nSPS) is 14.1. The van der Waals surface area contributed by atoms with Crippen molar-refractivity contribution in [2.24, 2.45) is 4.99 Å². The summed E-state index contributed by atoms with van der Waals surface area (Å²) in [5, 5.41) is 1.63. The molecule has 0 aliphatic heterocycles. The Bertz CT molecular complexity index is 321. The molecule has 0 aromatic carbocycles. The van der Waals surface area contributed by atoms with Crippen LogP contribution in [0.25, 0.3) is 0 Å². The lowest BCUT2D eigenvalue weighted by Crippen LogP contribution is -2.05. The molecule has 0 fully saturated rings. The highest BCUT2D eigenvalue weighted by Crippen LogP contribution is 2.22. The van der Waals surface area contributed by atoms with Crippen molar-refractivity contribution in [2.45, 2.75) is 12.8 Å². The van der Waals surface area contributed by atoms with Crippen molar-refractivity contribution in [1.29, 1.82) is 0 Å². The second kappa shape index (κ2) is 5.37. The number of aromatic nitrogens is 1. The molecule has 0 amide bonds. The summed E-state index contributed by atoms with van der Waals surface area (Å²) >= 11 is 7.38. The number of nitrogens with zero attached hydrogens (tertiary/aromatic N) is 2. The zero-order valence-corrected chi connectivity index (χ0v) is 10.1. The number of rotatable bonds is 2. The Labute approximate surface area is 93.8 Å². The van der Waals surface area contributed by atoms with Crippen molar-refractivity contribution in [1.82, 2.24) is 4.98 Å². The van der Waals surface area contributed by atoms with Gasteiger partial charge in [0.15, 0.2) is 0 Å². The van der Waals surface area contributed by atoms with E-state index in [4.69, 9.17) is 11.6 Å². The molecule has 0 radical (unpaired) electrons. The standard InChI is InChI=1S/C10H13ClN2S/c1-7(10(12-2)14-3)8-4-5-9(11)13-6-8/h4-7H,1-3H3/b12-10-. The predicted molar refractivity (Wildman–Crippen MR) is 64.5 cm³/mol. The molecule has 1 heterocycles. The van der Waals surface area contributed by atoms with Gasteiger partial charge < -0.3 is 0 Å². The van der Waals surface area contributed by atoms with Crippen LogP contribution in [0.3, 0.4) is 0 Å². The maximum atomic E-state index is 5.72. The zero-order chi connectivity index (χ0) is 10.6. The van der Waals surface area contributed by atoms with Crippen LogP contribution in [0.4, 0.5) is 0 Å². The summed E-state index contributed by atoms with van der Waals surface area (Å²) in [6, 6.07) is 3.79. The van der Waals surface area contributed by atoms with E-state index in [-0.39, 0.29) is 0 Å². The predicted octanol–water partition coefficient (Wildman–Crippen LogP) is 3.23. The Balaban J connectivity index is 2.89. The maximum Gasteiger partial charge on any atom is 0.129 e. The molecule has 1 aromatic rings. The fourth-order valence-corrected chi connectivity index (χ4v) is 2.03. The second-order valence-electron chi connectivity index (χ2n) is 2.90. The first-order valence-electron chi connectivity index (χ1n) is 4.31. The van der Waals surface area contributed by atoms with Crippen LogP contribution < -0.4 is 0 Å². The van der Waals surface area contributed by atoms with Crippen LogP contribution in [0.1, 0.15) is 18.4 Å². The van der Waals surface area contributed by atoms with Crippen LogP contribution in [0.2, 0.25) is 5.15 Å². The van der Waals surface area contributed by atoms with Gasteiger partial charge in [0.05, 0.1) is 5.04 Å². The van der Waals surface area contributed by atoms with Crippen LogP contribution in [0.5, 0.6) is 0 Å². The monoisotopic (exact) mass is 228 g/mol. The number of halogens is 1. The molecular formula is C10H13ClN2S. The Morgan fingerprint density at radius 1 is 1.57 bits per heavy atom. The molecule has 0 N–H and O–H groups in total. The van der Waals surface area contributed by atoms with Crippen molar-refractivity contribution in [2.75, 3.05) is 13.3 Å². The summed E-state index contributed by atoms with van der Waals surface area (Å²) in [4.78, 5) is 8.28. The molecule has 0 aliphatic carbocycles. The van der Waals surface area contributed by atoms with Gasteiger partial charge in [0.25, 0.3) is 0 Å². The van der Waals surface area contributed by atoms with E-state index in [1.54, 1.807) is 24.0 Å². The van der Waals surface area contributed by atoms with Crippen LogP contribution in [0, 0.1) is 0 Å². The van der Waals surface area contributed by atoms with E-state index in [2.05, 4.69) is 16.9 Å². The Morgan fingerprint density at radius 3 is 2.71 bits per heavy atom. The van der Waals surface area contributed by atoms with E-state index >= 15 is 0 Å². The highest BCUT2D eigenvalue weighted by Gasteiger charge is 2.11. The van der Waals surface area contributed by atoms with Gasteiger partial charge in [0, 0.05) is 19.2 Å². The lowest BCUT2D eigenvalue weighted by atomic mass is 10.1. The molecule has 14 heavy (non-hydrogen) atoms. The van der Waals surface area contributed by atoms with E-state index in [1.165, 1.54) is 0 Å². The van der Waals surface area contributed by atoms with Gasteiger partial charge in [-0.2, -0.15) is 0 Å². The van der Waals surface area contributed by atoms with Crippen LogP contribution in [-0.4, -0.2) is 23.3 Å². The highest BCUT2D eigenvalue weighted by molar-refractivity contribution is 8.13. The third kappa shape index (κ3) is 2.72.